The molecule has 0 heterocycles. The largest absolute Gasteiger partial charge is 0.493 e. The van der Waals surface area contributed by atoms with Crippen molar-refractivity contribution >= 4 is 11.6 Å². The van der Waals surface area contributed by atoms with E-state index in [1.54, 1.807) is 12.1 Å². The molecular weight excluding hydrogens is 244 g/mol. The molecule has 1 aromatic rings. The number of anilines is 1. The number of methoxy groups -OCH3 is 2. The summed E-state index contributed by atoms with van der Waals surface area (Å²) in [7, 11) is 3.06. The molecule has 0 aliphatic heterocycles. The number of ether oxygens (including phenoxy) is 2. The van der Waals surface area contributed by atoms with Crippen LogP contribution < -0.4 is 20.5 Å². The minimum Gasteiger partial charge on any atom is -0.493 e. The van der Waals surface area contributed by atoms with Gasteiger partial charge in [0.1, 0.15) is 0 Å². The standard InChI is InChI=1S/C14H20N2O3/c1-14(4-5-14)8-16-13(17)9-6-11(18-2)12(19-3)7-10(9)15/h6-7H,4-5,8,15H2,1-3H3,(H,16,17). The lowest BCUT2D eigenvalue weighted by molar-refractivity contribution is 0.0946. The number of rotatable bonds is 5. The molecule has 2 rings (SSSR count). The molecule has 0 saturated heterocycles. The summed E-state index contributed by atoms with van der Waals surface area (Å²) >= 11 is 0. The van der Waals surface area contributed by atoms with Crippen molar-refractivity contribution in [1.29, 1.82) is 0 Å². The molecule has 0 bridgehead atoms. The van der Waals surface area contributed by atoms with Gasteiger partial charge in [-0.15, -0.1) is 0 Å². The molecule has 1 aromatic carbocycles. The predicted octanol–water partition coefficient (Wildman–Crippen LogP) is 1.82. The summed E-state index contributed by atoms with van der Waals surface area (Å²) in [6, 6.07) is 3.21. The number of nitrogen functional groups attached to an aromatic ring is 1. The predicted molar refractivity (Wildman–Crippen MR) is 73.6 cm³/mol. The SMILES string of the molecule is COc1cc(N)c(C(=O)NCC2(C)CC2)cc1OC. The number of carbonyl (C=O) groups excluding carboxylic acids is 1. The van der Waals surface area contributed by atoms with Crippen LogP contribution in [0.3, 0.4) is 0 Å². The monoisotopic (exact) mass is 264 g/mol. The van der Waals surface area contributed by atoms with Gasteiger partial charge in [-0.2, -0.15) is 0 Å². The molecular formula is C14H20N2O3. The zero-order valence-electron chi connectivity index (χ0n) is 11.6. The molecule has 0 unspecified atom stereocenters. The van der Waals surface area contributed by atoms with E-state index in [2.05, 4.69) is 12.2 Å². The molecule has 1 aliphatic rings. The third kappa shape index (κ3) is 2.92. The van der Waals surface area contributed by atoms with E-state index in [9.17, 15) is 4.79 Å². The number of benzene rings is 1. The van der Waals surface area contributed by atoms with E-state index >= 15 is 0 Å². The highest BCUT2D eigenvalue weighted by Crippen LogP contribution is 2.44. The maximum Gasteiger partial charge on any atom is 0.253 e. The average molecular weight is 264 g/mol. The van der Waals surface area contributed by atoms with Crippen LogP contribution in [0.2, 0.25) is 0 Å². The molecule has 1 amide bonds. The van der Waals surface area contributed by atoms with Gasteiger partial charge in [0, 0.05) is 18.3 Å². The van der Waals surface area contributed by atoms with E-state index in [-0.39, 0.29) is 11.3 Å². The number of amides is 1. The smallest absolute Gasteiger partial charge is 0.253 e. The molecule has 3 N–H and O–H groups in total. The fraction of sp³-hybridized carbons (Fsp3) is 0.500. The second kappa shape index (κ2) is 4.99. The van der Waals surface area contributed by atoms with Crippen molar-refractivity contribution in [3.8, 4) is 11.5 Å². The fourth-order valence-electron chi connectivity index (χ4n) is 1.87. The summed E-state index contributed by atoms with van der Waals surface area (Å²) in [6.45, 7) is 2.84. The summed E-state index contributed by atoms with van der Waals surface area (Å²) in [5, 5.41) is 2.92. The van der Waals surface area contributed by atoms with Crippen LogP contribution in [0.15, 0.2) is 12.1 Å². The van der Waals surface area contributed by atoms with Crippen molar-refractivity contribution < 1.29 is 14.3 Å². The van der Waals surface area contributed by atoms with Crippen LogP contribution in [0.4, 0.5) is 5.69 Å². The normalized spacial score (nSPS) is 15.7. The van der Waals surface area contributed by atoms with E-state index in [4.69, 9.17) is 15.2 Å². The minimum atomic E-state index is -0.174. The van der Waals surface area contributed by atoms with Crippen LogP contribution in [-0.4, -0.2) is 26.7 Å². The fourth-order valence-corrected chi connectivity index (χ4v) is 1.87. The zero-order chi connectivity index (χ0) is 14.0. The summed E-state index contributed by atoms with van der Waals surface area (Å²) in [5.74, 6) is 0.844. The van der Waals surface area contributed by atoms with Gasteiger partial charge in [-0.3, -0.25) is 4.79 Å². The lowest BCUT2D eigenvalue weighted by Gasteiger charge is -2.14. The summed E-state index contributed by atoms with van der Waals surface area (Å²) in [6.07, 6.45) is 2.32. The molecule has 0 spiro atoms. The van der Waals surface area contributed by atoms with Crippen LogP contribution in [0.25, 0.3) is 0 Å². The third-order valence-electron chi connectivity index (χ3n) is 3.58. The number of hydrogen-bond acceptors (Lipinski definition) is 4. The van der Waals surface area contributed by atoms with Gasteiger partial charge in [-0.05, 0) is 24.3 Å². The second-order valence-electron chi connectivity index (χ2n) is 5.29. The molecule has 1 fully saturated rings. The molecule has 0 aromatic heterocycles. The number of nitrogens with two attached hydrogens (primary N) is 1. The Morgan fingerprint density at radius 3 is 2.42 bits per heavy atom. The molecule has 19 heavy (non-hydrogen) atoms. The second-order valence-corrected chi connectivity index (χ2v) is 5.29. The Labute approximate surface area is 113 Å². The Morgan fingerprint density at radius 2 is 1.89 bits per heavy atom. The van der Waals surface area contributed by atoms with Gasteiger partial charge in [0.25, 0.3) is 5.91 Å². The topological polar surface area (TPSA) is 73.6 Å². The highest BCUT2D eigenvalue weighted by molar-refractivity contribution is 6.00. The first-order chi connectivity index (χ1) is 8.99. The van der Waals surface area contributed by atoms with E-state index < -0.39 is 0 Å². The van der Waals surface area contributed by atoms with Gasteiger partial charge in [-0.1, -0.05) is 6.92 Å². The van der Waals surface area contributed by atoms with Gasteiger partial charge in [0.2, 0.25) is 0 Å². The number of carbonyl (C=O) groups is 1. The van der Waals surface area contributed by atoms with E-state index in [1.807, 2.05) is 0 Å². The third-order valence-corrected chi connectivity index (χ3v) is 3.58. The Balaban J connectivity index is 2.16. The first-order valence-electron chi connectivity index (χ1n) is 6.29. The molecule has 5 nitrogen and oxygen atoms in total. The summed E-state index contributed by atoms with van der Waals surface area (Å²) < 4.78 is 10.3. The van der Waals surface area contributed by atoms with Gasteiger partial charge in [0.15, 0.2) is 11.5 Å². The maximum atomic E-state index is 12.1. The lowest BCUT2D eigenvalue weighted by Crippen LogP contribution is -2.29. The van der Waals surface area contributed by atoms with Crippen molar-refractivity contribution in [2.45, 2.75) is 19.8 Å². The van der Waals surface area contributed by atoms with Crippen LogP contribution >= 0.6 is 0 Å². The zero-order valence-corrected chi connectivity index (χ0v) is 11.6. The van der Waals surface area contributed by atoms with Crippen LogP contribution in [0.1, 0.15) is 30.1 Å². The maximum absolute atomic E-state index is 12.1. The van der Waals surface area contributed by atoms with Gasteiger partial charge >= 0.3 is 0 Å². The van der Waals surface area contributed by atoms with Crippen LogP contribution in [-0.2, 0) is 0 Å². The highest BCUT2D eigenvalue weighted by atomic mass is 16.5. The van der Waals surface area contributed by atoms with Gasteiger partial charge in [-0.25, -0.2) is 0 Å². The summed E-state index contributed by atoms with van der Waals surface area (Å²) in [4.78, 5) is 12.1. The van der Waals surface area contributed by atoms with Crippen molar-refractivity contribution in [2.75, 3.05) is 26.5 Å². The van der Waals surface area contributed by atoms with Crippen molar-refractivity contribution in [3.05, 3.63) is 17.7 Å². The molecule has 104 valence electrons. The molecule has 1 aliphatic carbocycles. The number of hydrogen-bond donors (Lipinski definition) is 2. The molecule has 5 heteroatoms. The van der Waals surface area contributed by atoms with Crippen molar-refractivity contribution in [2.24, 2.45) is 5.41 Å². The van der Waals surface area contributed by atoms with Gasteiger partial charge in [0.05, 0.1) is 19.8 Å². The van der Waals surface area contributed by atoms with E-state index in [1.165, 1.54) is 14.2 Å². The summed E-state index contributed by atoms with van der Waals surface area (Å²) in [5.41, 5.74) is 6.95. The molecule has 1 saturated carbocycles. The Hall–Kier alpha value is -1.91. The molecule has 0 radical (unpaired) electrons. The quantitative estimate of drug-likeness (QED) is 0.795. The minimum absolute atomic E-state index is 0.174. The van der Waals surface area contributed by atoms with Crippen molar-refractivity contribution in [3.63, 3.8) is 0 Å². The Bertz CT molecular complexity index is 496. The van der Waals surface area contributed by atoms with Crippen LogP contribution in [0.5, 0.6) is 11.5 Å². The lowest BCUT2D eigenvalue weighted by atomic mass is 10.1. The average Bonchev–Trinajstić information content (AvgIpc) is 3.14. The first kappa shape index (κ1) is 13.5. The Morgan fingerprint density at radius 1 is 1.32 bits per heavy atom. The van der Waals surface area contributed by atoms with Crippen LogP contribution in [0, 0.1) is 5.41 Å². The van der Waals surface area contributed by atoms with E-state index in [0.29, 0.717) is 29.3 Å². The van der Waals surface area contributed by atoms with E-state index in [0.717, 1.165) is 12.8 Å². The van der Waals surface area contributed by atoms with Gasteiger partial charge < -0.3 is 20.5 Å². The highest BCUT2D eigenvalue weighted by Gasteiger charge is 2.37. The number of nitrogens with one attached hydrogen (secondary N) is 1. The first-order valence-corrected chi connectivity index (χ1v) is 6.29. The molecule has 0 atom stereocenters. The van der Waals surface area contributed by atoms with Crippen molar-refractivity contribution in [1.82, 2.24) is 5.32 Å². The Kier molecular flexibility index (Phi) is 3.55.